The minimum absolute atomic E-state index is 0.114. The number of aromatic nitrogens is 2. The van der Waals surface area contributed by atoms with E-state index >= 15 is 0 Å². The third-order valence-corrected chi connectivity index (χ3v) is 6.38. The minimum Gasteiger partial charge on any atom is -0.507 e. The maximum absolute atomic E-state index is 13.2. The summed E-state index contributed by atoms with van der Waals surface area (Å²) in [6.45, 7) is 3.50. The van der Waals surface area contributed by atoms with Crippen LogP contribution in [0.1, 0.15) is 39.5 Å². The van der Waals surface area contributed by atoms with Gasteiger partial charge in [-0.3, -0.25) is 19.5 Å². The van der Waals surface area contributed by atoms with Crippen molar-refractivity contribution in [3.05, 3.63) is 76.1 Å². The van der Waals surface area contributed by atoms with Crippen molar-refractivity contribution in [1.82, 2.24) is 9.97 Å². The maximum Gasteiger partial charge on any atom is 0.350 e. The van der Waals surface area contributed by atoms with Crippen molar-refractivity contribution in [3.8, 4) is 5.75 Å². The Kier molecular flexibility index (Phi) is 6.42. The van der Waals surface area contributed by atoms with E-state index in [1.807, 2.05) is 0 Å². The topological polar surface area (TPSA) is 119 Å². The highest BCUT2D eigenvalue weighted by atomic mass is 32.1. The van der Waals surface area contributed by atoms with Crippen molar-refractivity contribution in [2.24, 2.45) is 0 Å². The van der Waals surface area contributed by atoms with Gasteiger partial charge in [-0.25, -0.2) is 9.78 Å². The normalized spacial score (nSPS) is 17.1. The van der Waals surface area contributed by atoms with E-state index in [-0.39, 0.29) is 27.9 Å². The number of methoxy groups -OCH3 is 1. The maximum atomic E-state index is 13.2. The van der Waals surface area contributed by atoms with Gasteiger partial charge in [-0.1, -0.05) is 29.5 Å². The zero-order chi connectivity index (χ0) is 24.4. The summed E-state index contributed by atoms with van der Waals surface area (Å²) in [6.07, 6.45) is 3.07. The summed E-state index contributed by atoms with van der Waals surface area (Å²) in [7, 11) is 1.49. The largest absolute Gasteiger partial charge is 0.507 e. The number of hydrogen-bond donors (Lipinski definition) is 1. The molecule has 0 aliphatic carbocycles. The van der Waals surface area contributed by atoms with Crippen LogP contribution in [-0.4, -0.2) is 46.5 Å². The molecular weight excluding hydrogens is 458 g/mol. The number of pyridine rings is 1. The van der Waals surface area contributed by atoms with Gasteiger partial charge in [-0.2, -0.15) is 0 Å². The first-order chi connectivity index (χ1) is 16.4. The molecule has 174 valence electrons. The van der Waals surface area contributed by atoms with Crippen LogP contribution in [0.5, 0.6) is 5.75 Å². The Morgan fingerprint density at radius 3 is 2.71 bits per heavy atom. The molecule has 1 saturated heterocycles. The quantitative estimate of drug-likeness (QED) is 0.246. The lowest BCUT2D eigenvalue weighted by Crippen LogP contribution is -2.29. The smallest absolute Gasteiger partial charge is 0.350 e. The molecule has 3 aromatic rings. The van der Waals surface area contributed by atoms with Crippen LogP contribution < -0.4 is 9.64 Å². The number of Topliss-reactive ketones (excluding diaryl/α,β-unsaturated/α-hetero) is 1. The van der Waals surface area contributed by atoms with E-state index in [0.717, 1.165) is 11.3 Å². The van der Waals surface area contributed by atoms with Gasteiger partial charge in [0.1, 0.15) is 16.4 Å². The van der Waals surface area contributed by atoms with Crippen LogP contribution in [0.15, 0.2) is 54.4 Å². The number of esters is 1. The molecule has 9 nitrogen and oxygen atoms in total. The number of ketones is 1. The molecule has 4 rings (SSSR count). The second kappa shape index (κ2) is 9.44. The fraction of sp³-hybridized carbons (Fsp3) is 0.208. The molecule has 1 aromatic carbocycles. The first kappa shape index (κ1) is 23.1. The first-order valence-electron chi connectivity index (χ1n) is 10.4. The molecule has 1 atom stereocenters. The van der Waals surface area contributed by atoms with Crippen molar-refractivity contribution in [2.75, 3.05) is 18.6 Å². The van der Waals surface area contributed by atoms with Crippen molar-refractivity contribution >= 4 is 39.9 Å². The van der Waals surface area contributed by atoms with Crippen LogP contribution >= 0.6 is 11.3 Å². The van der Waals surface area contributed by atoms with Gasteiger partial charge in [0, 0.05) is 18.0 Å². The Hall–Kier alpha value is -4.05. The zero-order valence-corrected chi connectivity index (χ0v) is 19.5. The van der Waals surface area contributed by atoms with Crippen molar-refractivity contribution in [2.45, 2.75) is 19.9 Å². The Morgan fingerprint density at radius 1 is 1.24 bits per heavy atom. The molecule has 1 aliphatic rings. The predicted octanol–water partition coefficient (Wildman–Crippen LogP) is 3.66. The molecular formula is C24H21N3O6S. The Bertz CT molecular complexity index is 1300. The average Bonchev–Trinajstić information content (AvgIpc) is 3.36. The highest BCUT2D eigenvalue weighted by Gasteiger charge is 2.48. The summed E-state index contributed by atoms with van der Waals surface area (Å²) in [4.78, 5) is 48.6. The number of carbonyl (C=O) groups is 3. The van der Waals surface area contributed by atoms with E-state index < -0.39 is 23.7 Å². The van der Waals surface area contributed by atoms with Gasteiger partial charge in [-0.15, -0.1) is 0 Å². The second-order valence-electron chi connectivity index (χ2n) is 7.32. The number of carbonyl (C=O) groups excluding carboxylic acids is 3. The number of anilines is 1. The lowest BCUT2D eigenvalue weighted by Gasteiger charge is -2.22. The number of hydrogen-bond acceptors (Lipinski definition) is 9. The number of thiazole rings is 1. The molecule has 1 fully saturated rings. The average molecular weight is 480 g/mol. The van der Waals surface area contributed by atoms with Crippen molar-refractivity contribution in [3.63, 3.8) is 0 Å². The number of aliphatic hydroxyl groups is 1. The Morgan fingerprint density at radius 2 is 2.03 bits per heavy atom. The number of aryl methyl sites for hydroxylation is 1. The lowest BCUT2D eigenvalue weighted by atomic mass is 9.96. The van der Waals surface area contributed by atoms with Crippen LogP contribution in [0.25, 0.3) is 5.76 Å². The number of benzene rings is 1. The van der Waals surface area contributed by atoms with Crippen LogP contribution in [-0.2, 0) is 14.3 Å². The fourth-order valence-electron chi connectivity index (χ4n) is 3.68. The first-order valence-corrected chi connectivity index (χ1v) is 11.2. The number of rotatable bonds is 6. The minimum atomic E-state index is -1.000. The fourth-order valence-corrected chi connectivity index (χ4v) is 4.67. The number of amides is 1. The van der Waals surface area contributed by atoms with E-state index in [1.54, 1.807) is 56.4 Å². The number of ether oxygens (including phenoxy) is 2. The van der Waals surface area contributed by atoms with Gasteiger partial charge in [0.2, 0.25) is 0 Å². The van der Waals surface area contributed by atoms with Crippen LogP contribution in [0.2, 0.25) is 0 Å². The summed E-state index contributed by atoms with van der Waals surface area (Å²) >= 11 is 0.947. The second-order valence-corrected chi connectivity index (χ2v) is 8.30. The van der Waals surface area contributed by atoms with Crippen LogP contribution in [0, 0.1) is 6.92 Å². The van der Waals surface area contributed by atoms with Gasteiger partial charge in [-0.05, 0) is 37.6 Å². The van der Waals surface area contributed by atoms with Crippen molar-refractivity contribution < 1.29 is 29.0 Å². The highest BCUT2D eigenvalue weighted by Crippen LogP contribution is 2.43. The predicted molar refractivity (Wildman–Crippen MR) is 125 cm³/mol. The third-order valence-electron chi connectivity index (χ3n) is 5.24. The molecule has 0 spiro atoms. The summed E-state index contributed by atoms with van der Waals surface area (Å²) in [5.41, 5.74) is 1.07. The molecule has 1 aliphatic heterocycles. The van der Waals surface area contributed by atoms with E-state index in [1.165, 1.54) is 18.2 Å². The highest BCUT2D eigenvalue weighted by molar-refractivity contribution is 7.17. The molecule has 0 radical (unpaired) electrons. The molecule has 0 saturated carbocycles. The third kappa shape index (κ3) is 4.03. The van der Waals surface area contributed by atoms with Gasteiger partial charge >= 0.3 is 11.9 Å². The number of aliphatic hydroxyl groups excluding tert-OH is 1. The Balaban J connectivity index is 1.90. The molecule has 1 amide bonds. The summed E-state index contributed by atoms with van der Waals surface area (Å²) in [6, 6.07) is 8.90. The van der Waals surface area contributed by atoms with Crippen molar-refractivity contribution in [1.29, 1.82) is 0 Å². The van der Waals surface area contributed by atoms with E-state index in [9.17, 15) is 19.5 Å². The van der Waals surface area contributed by atoms with E-state index in [0.29, 0.717) is 22.6 Å². The lowest BCUT2D eigenvalue weighted by molar-refractivity contribution is -0.132. The van der Waals surface area contributed by atoms with Gasteiger partial charge in [0.05, 0.1) is 31.0 Å². The summed E-state index contributed by atoms with van der Waals surface area (Å²) in [5, 5.41) is 11.3. The van der Waals surface area contributed by atoms with Gasteiger partial charge in [0.15, 0.2) is 5.13 Å². The Labute approximate surface area is 199 Å². The standard InChI is InChI=1S/C24H21N3O6S/c1-4-33-23(31)21-13(2)26-24(34-21)27-18(15-8-6-10-25-12-15)17(20(29)22(27)30)19(28)14-7-5-9-16(11-14)32-3/h5-12,18,28H,4H2,1-3H3. The zero-order valence-electron chi connectivity index (χ0n) is 18.6. The SMILES string of the molecule is CCOC(=O)c1sc(N2C(=O)C(=O)C(=C(O)c3cccc(OC)c3)C2c2cccnc2)nc1C. The van der Waals surface area contributed by atoms with Gasteiger partial charge < -0.3 is 14.6 Å². The molecule has 1 unspecified atom stereocenters. The number of nitrogens with zero attached hydrogens (tertiary/aromatic N) is 3. The molecule has 10 heteroatoms. The molecule has 34 heavy (non-hydrogen) atoms. The molecule has 0 bridgehead atoms. The van der Waals surface area contributed by atoms with E-state index in [4.69, 9.17) is 9.47 Å². The van der Waals surface area contributed by atoms with Crippen LogP contribution in [0.3, 0.4) is 0 Å². The summed E-state index contributed by atoms with van der Waals surface area (Å²) in [5.74, 6) is -2.19. The monoisotopic (exact) mass is 479 g/mol. The molecule has 2 aromatic heterocycles. The summed E-state index contributed by atoms with van der Waals surface area (Å²) < 4.78 is 10.3. The van der Waals surface area contributed by atoms with E-state index in [2.05, 4.69) is 9.97 Å². The molecule has 1 N–H and O–H groups in total. The van der Waals surface area contributed by atoms with Crippen LogP contribution in [0.4, 0.5) is 5.13 Å². The van der Waals surface area contributed by atoms with Gasteiger partial charge in [0.25, 0.3) is 5.78 Å². The molecule has 3 heterocycles.